The average Bonchev–Trinajstić information content (AvgIpc) is 3.30. The molecule has 124 valence electrons. The van der Waals surface area contributed by atoms with Gasteiger partial charge >= 0.3 is 0 Å². The minimum Gasteiger partial charge on any atom is -0.377 e. The maximum atomic E-state index is 12.7. The molecule has 0 unspecified atom stereocenters. The predicted molar refractivity (Wildman–Crippen MR) is 88.2 cm³/mol. The van der Waals surface area contributed by atoms with Gasteiger partial charge in [-0.25, -0.2) is 4.98 Å². The Morgan fingerprint density at radius 2 is 2.25 bits per heavy atom. The Morgan fingerprint density at radius 3 is 3.12 bits per heavy atom. The van der Waals surface area contributed by atoms with Crippen molar-refractivity contribution in [2.24, 2.45) is 0 Å². The Labute approximate surface area is 139 Å². The van der Waals surface area contributed by atoms with Gasteiger partial charge in [-0.05, 0) is 18.2 Å². The van der Waals surface area contributed by atoms with Crippen LogP contribution >= 0.6 is 0 Å². The standard InChI is InChI=1S/C17H19N5O2/c23-17(6-8-21-12-18-13-3-1-2-4-15(13)21)22-9-10-24-11-16(22)14-5-7-19-20-14/h1-5,7,12,16H,6,8-11H2,(H,19,20)/t16-/m1/s1. The summed E-state index contributed by atoms with van der Waals surface area (Å²) in [6.07, 6.45) is 3.93. The molecule has 7 heteroatoms. The molecule has 1 aliphatic heterocycles. The molecule has 1 amide bonds. The molecule has 1 aromatic carbocycles. The number of nitrogens with zero attached hydrogens (tertiary/aromatic N) is 4. The Morgan fingerprint density at radius 1 is 1.33 bits per heavy atom. The van der Waals surface area contributed by atoms with Gasteiger partial charge in [-0.2, -0.15) is 5.10 Å². The molecule has 0 saturated carbocycles. The molecule has 1 N–H and O–H groups in total. The summed E-state index contributed by atoms with van der Waals surface area (Å²) in [5.41, 5.74) is 2.92. The van der Waals surface area contributed by atoms with Crippen molar-refractivity contribution in [3.63, 3.8) is 0 Å². The van der Waals surface area contributed by atoms with Crippen LogP contribution in [0, 0.1) is 0 Å². The van der Waals surface area contributed by atoms with Crippen LogP contribution in [0.3, 0.4) is 0 Å². The largest absolute Gasteiger partial charge is 0.377 e. The number of aromatic nitrogens is 4. The van der Waals surface area contributed by atoms with E-state index in [1.165, 1.54) is 0 Å². The van der Waals surface area contributed by atoms with Crippen molar-refractivity contribution in [3.05, 3.63) is 48.5 Å². The second-order valence-electron chi connectivity index (χ2n) is 5.87. The van der Waals surface area contributed by atoms with Crippen molar-refractivity contribution in [2.75, 3.05) is 19.8 Å². The third kappa shape index (κ3) is 2.78. The topological polar surface area (TPSA) is 76.0 Å². The van der Waals surface area contributed by atoms with Crippen LogP contribution in [-0.4, -0.2) is 50.3 Å². The smallest absolute Gasteiger partial charge is 0.225 e. The number of H-pyrrole nitrogens is 1. The van der Waals surface area contributed by atoms with E-state index in [1.54, 1.807) is 12.5 Å². The number of amides is 1. The number of fused-ring (bicyclic) bond motifs is 1. The van der Waals surface area contributed by atoms with Gasteiger partial charge in [0, 0.05) is 25.7 Å². The fourth-order valence-electron chi connectivity index (χ4n) is 3.16. The lowest BCUT2D eigenvalue weighted by molar-refractivity contribution is -0.140. The quantitative estimate of drug-likeness (QED) is 0.793. The number of nitrogens with one attached hydrogen (secondary N) is 1. The number of aromatic amines is 1. The summed E-state index contributed by atoms with van der Waals surface area (Å²) < 4.78 is 7.56. The molecule has 3 aromatic rings. The van der Waals surface area contributed by atoms with Crippen molar-refractivity contribution in [2.45, 2.75) is 19.0 Å². The number of morpholine rings is 1. The van der Waals surface area contributed by atoms with Crippen molar-refractivity contribution in [1.29, 1.82) is 0 Å². The molecule has 0 radical (unpaired) electrons. The Hall–Kier alpha value is -2.67. The van der Waals surface area contributed by atoms with E-state index < -0.39 is 0 Å². The minimum atomic E-state index is -0.0896. The zero-order valence-electron chi connectivity index (χ0n) is 13.3. The van der Waals surface area contributed by atoms with E-state index in [2.05, 4.69) is 15.2 Å². The third-order valence-electron chi connectivity index (χ3n) is 4.42. The van der Waals surface area contributed by atoms with E-state index in [4.69, 9.17) is 4.74 Å². The van der Waals surface area contributed by atoms with Gasteiger partial charge in [-0.3, -0.25) is 9.89 Å². The lowest BCUT2D eigenvalue weighted by Crippen LogP contribution is -2.43. The number of imidazole rings is 1. The molecule has 24 heavy (non-hydrogen) atoms. The van der Waals surface area contributed by atoms with Crippen LogP contribution in [-0.2, 0) is 16.1 Å². The van der Waals surface area contributed by atoms with E-state index in [1.807, 2.05) is 39.8 Å². The van der Waals surface area contributed by atoms with Crippen LogP contribution in [0.25, 0.3) is 11.0 Å². The lowest BCUT2D eigenvalue weighted by atomic mass is 10.1. The summed E-state index contributed by atoms with van der Waals surface area (Å²) in [4.78, 5) is 19.0. The number of para-hydroxylation sites is 2. The highest BCUT2D eigenvalue weighted by atomic mass is 16.5. The number of hydrogen-bond donors (Lipinski definition) is 1. The van der Waals surface area contributed by atoms with Gasteiger partial charge in [0.25, 0.3) is 0 Å². The minimum absolute atomic E-state index is 0.0896. The first-order chi connectivity index (χ1) is 11.8. The number of hydrogen-bond acceptors (Lipinski definition) is 4. The summed E-state index contributed by atoms with van der Waals surface area (Å²) in [5, 5.41) is 6.93. The summed E-state index contributed by atoms with van der Waals surface area (Å²) in [6, 6.07) is 9.75. The second-order valence-corrected chi connectivity index (χ2v) is 5.87. The predicted octanol–water partition coefficient (Wildman–Crippen LogP) is 1.75. The van der Waals surface area contributed by atoms with Crippen LogP contribution in [0.2, 0.25) is 0 Å². The first-order valence-corrected chi connectivity index (χ1v) is 8.09. The molecule has 1 fully saturated rings. The molecule has 1 saturated heterocycles. The van der Waals surface area contributed by atoms with Gasteiger partial charge in [0.2, 0.25) is 5.91 Å². The average molecular weight is 325 g/mol. The lowest BCUT2D eigenvalue weighted by Gasteiger charge is -2.35. The summed E-state index contributed by atoms with van der Waals surface area (Å²) in [5.74, 6) is 0.121. The summed E-state index contributed by atoms with van der Waals surface area (Å²) in [6.45, 7) is 2.30. The molecule has 0 spiro atoms. The van der Waals surface area contributed by atoms with Crippen LogP contribution in [0.4, 0.5) is 0 Å². The van der Waals surface area contributed by atoms with Gasteiger partial charge in [-0.15, -0.1) is 0 Å². The highest BCUT2D eigenvalue weighted by molar-refractivity contribution is 5.78. The Kier molecular flexibility index (Phi) is 4.00. The molecule has 0 bridgehead atoms. The van der Waals surface area contributed by atoms with Gasteiger partial charge in [0.1, 0.15) is 0 Å². The van der Waals surface area contributed by atoms with E-state index in [0.29, 0.717) is 32.7 Å². The summed E-state index contributed by atoms with van der Waals surface area (Å²) >= 11 is 0. The zero-order chi connectivity index (χ0) is 16.4. The first kappa shape index (κ1) is 14.9. The normalized spacial score (nSPS) is 18.2. The molecule has 3 heterocycles. The maximum absolute atomic E-state index is 12.7. The number of carbonyl (C=O) groups excluding carboxylic acids is 1. The Balaban J connectivity index is 1.47. The van der Waals surface area contributed by atoms with Crippen molar-refractivity contribution in [3.8, 4) is 0 Å². The van der Waals surface area contributed by atoms with Gasteiger partial charge in [0.05, 0.1) is 42.3 Å². The van der Waals surface area contributed by atoms with E-state index in [9.17, 15) is 4.79 Å². The monoisotopic (exact) mass is 325 g/mol. The SMILES string of the molecule is O=C(CCn1cnc2ccccc21)N1CCOC[C@@H]1c1ccn[nH]1. The molecule has 2 aromatic heterocycles. The Bertz CT molecular complexity index is 827. The van der Waals surface area contributed by atoms with Gasteiger partial charge < -0.3 is 14.2 Å². The highest BCUT2D eigenvalue weighted by Crippen LogP contribution is 2.23. The second kappa shape index (κ2) is 6.45. The third-order valence-corrected chi connectivity index (χ3v) is 4.42. The molecule has 1 aliphatic rings. The van der Waals surface area contributed by atoms with E-state index in [-0.39, 0.29) is 11.9 Å². The number of carbonyl (C=O) groups is 1. The maximum Gasteiger partial charge on any atom is 0.225 e. The number of aryl methyl sites for hydroxylation is 1. The van der Waals surface area contributed by atoms with Crippen molar-refractivity contribution < 1.29 is 9.53 Å². The van der Waals surface area contributed by atoms with Crippen LogP contribution in [0.5, 0.6) is 0 Å². The van der Waals surface area contributed by atoms with Crippen LogP contribution in [0.1, 0.15) is 18.2 Å². The van der Waals surface area contributed by atoms with Gasteiger partial charge in [0.15, 0.2) is 0 Å². The summed E-state index contributed by atoms with van der Waals surface area (Å²) in [7, 11) is 0. The van der Waals surface area contributed by atoms with E-state index in [0.717, 1.165) is 16.7 Å². The van der Waals surface area contributed by atoms with Crippen molar-refractivity contribution >= 4 is 16.9 Å². The number of rotatable bonds is 4. The zero-order valence-corrected chi connectivity index (χ0v) is 13.3. The number of ether oxygens (including phenoxy) is 1. The first-order valence-electron chi connectivity index (χ1n) is 8.09. The van der Waals surface area contributed by atoms with E-state index >= 15 is 0 Å². The van der Waals surface area contributed by atoms with Gasteiger partial charge in [-0.1, -0.05) is 12.1 Å². The molecule has 1 atom stereocenters. The fourth-order valence-corrected chi connectivity index (χ4v) is 3.16. The fraction of sp³-hybridized carbons (Fsp3) is 0.353. The van der Waals surface area contributed by atoms with Crippen molar-refractivity contribution in [1.82, 2.24) is 24.6 Å². The highest BCUT2D eigenvalue weighted by Gasteiger charge is 2.29. The van der Waals surface area contributed by atoms with Crippen LogP contribution in [0.15, 0.2) is 42.9 Å². The molecule has 4 rings (SSSR count). The molecule has 7 nitrogen and oxygen atoms in total. The molecule has 0 aliphatic carbocycles. The molecular formula is C17H19N5O2. The molecular weight excluding hydrogens is 306 g/mol. The number of benzene rings is 1. The van der Waals surface area contributed by atoms with Crippen LogP contribution < -0.4 is 0 Å².